The van der Waals surface area contributed by atoms with Crippen LogP contribution in [0.2, 0.25) is 0 Å². The van der Waals surface area contributed by atoms with E-state index in [0.29, 0.717) is 49.2 Å². The molecule has 4 aliphatic heterocycles. The van der Waals surface area contributed by atoms with Crippen molar-refractivity contribution in [1.82, 2.24) is 14.8 Å². The minimum absolute atomic E-state index is 0.0884. The van der Waals surface area contributed by atoms with Crippen LogP contribution in [0.15, 0.2) is 17.3 Å². The molecule has 7 nitrogen and oxygen atoms in total. The summed E-state index contributed by atoms with van der Waals surface area (Å²) in [4.78, 5) is 27.3. The van der Waals surface area contributed by atoms with Gasteiger partial charge in [-0.2, -0.15) is 13.2 Å². The van der Waals surface area contributed by atoms with Crippen molar-refractivity contribution < 1.29 is 27.4 Å². The fourth-order valence-corrected chi connectivity index (χ4v) is 8.33. The number of thioether (sulfide) groups is 1. The Kier molecular flexibility index (Phi) is 7.14. The minimum atomic E-state index is -4.45. The molecule has 5 heterocycles. The number of aromatic nitrogens is 1. The second-order valence-electron chi connectivity index (χ2n) is 11.5. The molecule has 1 aromatic heterocycles. The summed E-state index contributed by atoms with van der Waals surface area (Å²) in [6, 6.07) is 1.18. The van der Waals surface area contributed by atoms with Gasteiger partial charge in [0.15, 0.2) is 5.17 Å². The molecule has 2 unspecified atom stereocenters. The molecule has 0 spiro atoms. The maximum atomic E-state index is 14.4. The molecule has 5 aliphatic rings. The number of likely N-dealkylation sites (tertiary alicyclic amines) is 1. The molecular formula is C27H35F3N4O3S. The number of hydrogen-bond donors (Lipinski definition) is 0. The monoisotopic (exact) mass is 552 g/mol. The van der Waals surface area contributed by atoms with Crippen LogP contribution in [0.1, 0.15) is 42.5 Å². The van der Waals surface area contributed by atoms with Crippen molar-refractivity contribution in [2.75, 3.05) is 52.3 Å². The predicted octanol–water partition coefficient (Wildman–Crippen LogP) is 3.86. The van der Waals surface area contributed by atoms with E-state index < -0.39 is 17.2 Å². The van der Waals surface area contributed by atoms with Gasteiger partial charge in [0.2, 0.25) is 5.91 Å². The summed E-state index contributed by atoms with van der Waals surface area (Å²) < 4.78 is 51.4. The highest BCUT2D eigenvalue weighted by Gasteiger charge is 2.59. The van der Waals surface area contributed by atoms with E-state index in [0.717, 1.165) is 62.5 Å². The zero-order valence-electron chi connectivity index (χ0n) is 21.7. The number of halogens is 3. The highest BCUT2D eigenvalue weighted by atomic mass is 32.2. The molecule has 1 aromatic rings. The average Bonchev–Trinajstić information content (AvgIpc) is 3.63. The second kappa shape index (κ2) is 10.3. The van der Waals surface area contributed by atoms with Crippen molar-refractivity contribution in [3.8, 4) is 0 Å². The first-order chi connectivity index (χ1) is 18.3. The smallest absolute Gasteiger partial charge is 0.379 e. The Balaban J connectivity index is 1.23. The average molecular weight is 553 g/mol. The molecule has 208 valence electrons. The number of pyridine rings is 1. The van der Waals surface area contributed by atoms with Gasteiger partial charge >= 0.3 is 6.18 Å². The minimum Gasteiger partial charge on any atom is -0.379 e. The van der Waals surface area contributed by atoms with Gasteiger partial charge in [-0.15, -0.1) is 0 Å². The molecule has 3 fully saturated rings. The lowest BCUT2D eigenvalue weighted by molar-refractivity contribution is -0.144. The van der Waals surface area contributed by atoms with E-state index in [1.165, 1.54) is 6.07 Å². The van der Waals surface area contributed by atoms with Crippen LogP contribution in [-0.4, -0.2) is 84.2 Å². The Morgan fingerprint density at radius 3 is 3.00 bits per heavy atom. The molecule has 0 aromatic carbocycles. The molecular weight excluding hydrogens is 517 g/mol. The SMILES string of the molecule is COC1COCCC1C[C@@H]1C[C@H]2CN(C3=NCCS3)C[C@@]2(C(=O)N2CCc3ncc(C(F)(F)F)cc3C2)C1. The number of alkyl halides is 3. The summed E-state index contributed by atoms with van der Waals surface area (Å²) >= 11 is 1.76. The standard InChI is InChI=1S/C27H35F3N4O3S/c1-36-23-15-37-6-3-18(23)8-17-9-21-14-34(25-31-4-7-38-25)16-26(21,11-17)24(35)33-5-2-22-19(13-33)10-20(12-32-22)27(28,29)30/h10,12,17-18,21,23H,2-9,11,13-16H2,1H3/t17-,18?,21+,23?,26+/m1/s1. The van der Waals surface area contributed by atoms with Gasteiger partial charge in [-0.05, 0) is 55.1 Å². The molecule has 1 aliphatic carbocycles. The number of nitrogens with zero attached hydrogens (tertiary/aromatic N) is 4. The number of amides is 1. The predicted molar refractivity (Wildman–Crippen MR) is 138 cm³/mol. The van der Waals surface area contributed by atoms with Crippen LogP contribution < -0.4 is 0 Å². The van der Waals surface area contributed by atoms with Gasteiger partial charge in [0, 0.05) is 64.0 Å². The van der Waals surface area contributed by atoms with Crippen molar-refractivity contribution in [1.29, 1.82) is 0 Å². The molecule has 1 saturated carbocycles. The fraction of sp³-hybridized carbons (Fsp3) is 0.741. The second-order valence-corrected chi connectivity index (χ2v) is 12.6. The first-order valence-corrected chi connectivity index (χ1v) is 14.6. The number of aliphatic imine (C=N–C) groups is 1. The van der Waals surface area contributed by atoms with E-state index in [1.807, 2.05) is 0 Å². The van der Waals surface area contributed by atoms with Gasteiger partial charge in [-0.25, -0.2) is 0 Å². The maximum Gasteiger partial charge on any atom is 0.417 e. The van der Waals surface area contributed by atoms with Crippen molar-refractivity contribution in [3.05, 3.63) is 29.1 Å². The highest BCUT2D eigenvalue weighted by Crippen LogP contribution is 2.55. The van der Waals surface area contributed by atoms with E-state index in [-0.39, 0.29) is 24.5 Å². The number of hydrogen-bond acceptors (Lipinski definition) is 7. The van der Waals surface area contributed by atoms with Crippen molar-refractivity contribution in [3.63, 3.8) is 0 Å². The molecule has 5 atom stereocenters. The molecule has 11 heteroatoms. The third-order valence-electron chi connectivity index (χ3n) is 9.27. The van der Waals surface area contributed by atoms with Crippen molar-refractivity contribution in [2.24, 2.45) is 28.2 Å². The van der Waals surface area contributed by atoms with Crippen LogP contribution in [0.4, 0.5) is 13.2 Å². The van der Waals surface area contributed by atoms with Crippen LogP contribution in [0.5, 0.6) is 0 Å². The van der Waals surface area contributed by atoms with Crippen LogP contribution in [0.25, 0.3) is 0 Å². The topological polar surface area (TPSA) is 67.3 Å². The number of carbonyl (C=O) groups is 1. The van der Waals surface area contributed by atoms with Crippen molar-refractivity contribution >= 4 is 22.8 Å². The zero-order valence-corrected chi connectivity index (χ0v) is 22.5. The summed E-state index contributed by atoms with van der Waals surface area (Å²) in [5.41, 5.74) is -0.112. The van der Waals surface area contributed by atoms with Gasteiger partial charge in [0.05, 0.1) is 30.2 Å². The lowest BCUT2D eigenvalue weighted by Gasteiger charge is -2.37. The van der Waals surface area contributed by atoms with Gasteiger partial charge < -0.3 is 19.3 Å². The summed E-state index contributed by atoms with van der Waals surface area (Å²) in [5.74, 6) is 2.12. The largest absolute Gasteiger partial charge is 0.417 e. The fourth-order valence-electron chi connectivity index (χ4n) is 7.46. The van der Waals surface area contributed by atoms with Crippen LogP contribution in [0, 0.1) is 23.2 Å². The number of fused-ring (bicyclic) bond motifs is 2. The normalized spacial score (nSPS) is 33.3. The third-order valence-corrected chi connectivity index (χ3v) is 10.3. The van der Waals surface area contributed by atoms with E-state index in [4.69, 9.17) is 9.47 Å². The lowest BCUT2D eigenvalue weighted by Crippen LogP contribution is -2.49. The number of carbonyl (C=O) groups excluding carboxylic acids is 1. The van der Waals surface area contributed by atoms with Crippen LogP contribution in [-0.2, 0) is 33.4 Å². The Hall–Kier alpha value is -1.85. The van der Waals surface area contributed by atoms with Crippen LogP contribution >= 0.6 is 11.8 Å². The van der Waals surface area contributed by atoms with E-state index in [2.05, 4.69) is 14.9 Å². The molecule has 0 N–H and O–H groups in total. The Bertz CT molecular complexity index is 1100. The molecule has 0 radical (unpaired) electrons. The summed E-state index contributed by atoms with van der Waals surface area (Å²) in [6.45, 7) is 4.31. The van der Waals surface area contributed by atoms with Gasteiger partial charge in [-0.3, -0.25) is 14.8 Å². The summed E-state index contributed by atoms with van der Waals surface area (Å²) in [5, 5.41) is 1.04. The van der Waals surface area contributed by atoms with E-state index in [9.17, 15) is 18.0 Å². The molecule has 2 saturated heterocycles. The summed E-state index contributed by atoms with van der Waals surface area (Å²) in [7, 11) is 1.74. The Morgan fingerprint density at radius 2 is 2.24 bits per heavy atom. The van der Waals surface area contributed by atoms with Crippen LogP contribution in [0.3, 0.4) is 0 Å². The lowest BCUT2D eigenvalue weighted by atomic mass is 9.78. The Labute approximate surface area is 225 Å². The quantitative estimate of drug-likeness (QED) is 0.565. The molecule has 6 rings (SSSR count). The molecule has 1 amide bonds. The molecule has 38 heavy (non-hydrogen) atoms. The highest BCUT2D eigenvalue weighted by molar-refractivity contribution is 8.14. The zero-order chi connectivity index (χ0) is 26.5. The molecule has 0 bridgehead atoms. The van der Waals surface area contributed by atoms with Crippen molar-refractivity contribution in [2.45, 2.75) is 50.9 Å². The first kappa shape index (κ1) is 26.4. The third kappa shape index (κ3) is 4.83. The van der Waals surface area contributed by atoms with Gasteiger partial charge in [-0.1, -0.05) is 11.8 Å². The first-order valence-electron chi connectivity index (χ1n) is 13.6. The number of rotatable bonds is 4. The van der Waals surface area contributed by atoms with E-state index in [1.54, 1.807) is 23.8 Å². The summed E-state index contributed by atoms with van der Waals surface area (Å²) in [6.07, 6.45) is 0.805. The number of amidine groups is 1. The van der Waals surface area contributed by atoms with E-state index >= 15 is 0 Å². The number of ether oxygens (including phenoxy) is 2. The maximum absolute atomic E-state index is 14.4. The van der Waals surface area contributed by atoms with Gasteiger partial charge in [0.25, 0.3) is 0 Å². The number of methoxy groups -OCH3 is 1. The Morgan fingerprint density at radius 1 is 1.37 bits per heavy atom. The van der Waals surface area contributed by atoms with Gasteiger partial charge in [0.1, 0.15) is 0 Å².